The molecule has 3 heterocycles. The molecule has 1 amide bonds. The van der Waals surface area contributed by atoms with Crippen molar-refractivity contribution < 1.29 is 36.3 Å². The largest absolute Gasteiger partial charge is 0.490 e. The number of halogens is 5. The number of alkyl halides is 3. The number of carbonyl (C=O) groups is 2. The Hall–Kier alpha value is -3.96. The molecule has 206 valence electrons. The van der Waals surface area contributed by atoms with Crippen LogP contribution in [0.1, 0.15) is 4.88 Å². The first-order chi connectivity index (χ1) is 18.4. The van der Waals surface area contributed by atoms with Crippen LogP contribution in [-0.2, 0) is 27.4 Å². The van der Waals surface area contributed by atoms with Gasteiger partial charge in [-0.25, -0.2) is 19.3 Å². The average molecular weight is 589 g/mol. The van der Waals surface area contributed by atoms with E-state index in [1.54, 1.807) is 24.3 Å². The van der Waals surface area contributed by atoms with E-state index in [0.29, 0.717) is 10.2 Å². The Morgan fingerprint density at radius 2 is 1.90 bits per heavy atom. The Morgan fingerprint density at radius 1 is 1.13 bits per heavy atom. The molecule has 0 saturated carbocycles. The monoisotopic (exact) mass is 588 g/mol. The molecule has 0 fully saturated rings. The Labute approximate surface area is 223 Å². The first-order valence-electron chi connectivity index (χ1n) is 10.8. The summed E-state index contributed by atoms with van der Waals surface area (Å²) < 4.78 is 69.1. The van der Waals surface area contributed by atoms with Crippen molar-refractivity contribution in [1.29, 1.82) is 0 Å². The predicted octanol–water partition coefficient (Wildman–Crippen LogP) is 3.58. The van der Waals surface area contributed by atoms with Crippen LogP contribution in [0.25, 0.3) is 20.7 Å². The number of nitrogens with one attached hydrogen (secondary N) is 1. The van der Waals surface area contributed by atoms with Gasteiger partial charge in [0.05, 0.1) is 23.3 Å². The number of rotatable bonds is 9. The quantitative estimate of drug-likeness (QED) is 0.226. The molecule has 0 atom stereocenters. The van der Waals surface area contributed by atoms with Crippen molar-refractivity contribution in [2.24, 2.45) is 5.73 Å². The third-order valence-corrected chi connectivity index (χ3v) is 7.18. The van der Waals surface area contributed by atoms with Gasteiger partial charge >= 0.3 is 17.8 Å². The Bertz CT molecular complexity index is 1620. The number of aromatic nitrogens is 4. The average Bonchev–Trinajstić information content (AvgIpc) is 3.59. The summed E-state index contributed by atoms with van der Waals surface area (Å²) in [5.41, 5.74) is 5.68. The maximum absolute atomic E-state index is 12.9. The molecular formula is C22H17F5N6O4S2. The van der Waals surface area contributed by atoms with E-state index in [-0.39, 0.29) is 17.2 Å². The molecule has 0 unspecified atom stereocenters. The fourth-order valence-electron chi connectivity index (χ4n) is 3.26. The number of benzene rings is 1. The summed E-state index contributed by atoms with van der Waals surface area (Å²) in [6.07, 6.45) is -5.88. The number of hydrogen-bond acceptors (Lipinski definition) is 9. The zero-order valence-electron chi connectivity index (χ0n) is 19.5. The maximum Gasteiger partial charge on any atom is 0.490 e. The molecule has 3 N–H and O–H groups in total. The normalized spacial score (nSPS) is 11.5. The van der Waals surface area contributed by atoms with E-state index in [4.69, 9.17) is 5.73 Å². The molecule has 1 aromatic carbocycles. The van der Waals surface area contributed by atoms with Crippen LogP contribution in [0.5, 0.6) is 0 Å². The van der Waals surface area contributed by atoms with Gasteiger partial charge in [-0.15, -0.1) is 11.3 Å². The highest BCUT2D eigenvalue weighted by Gasteiger charge is 2.41. The smallest absolute Gasteiger partial charge is 0.449 e. The maximum atomic E-state index is 12.9. The van der Waals surface area contributed by atoms with E-state index in [1.165, 1.54) is 22.2 Å². The summed E-state index contributed by atoms with van der Waals surface area (Å²) >= 11 is 2.46. The topological polar surface area (TPSA) is 134 Å². The fourth-order valence-corrected chi connectivity index (χ4v) is 5.18. The van der Waals surface area contributed by atoms with Crippen LogP contribution in [0.15, 0.2) is 53.1 Å². The van der Waals surface area contributed by atoms with Crippen molar-refractivity contribution in [2.45, 2.75) is 19.3 Å². The summed E-state index contributed by atoms with van der Waals surface area (Å²) in [5, 5.41) is 6.28. The van der Waals surface area contributed by atoms with Crippen LogP contribution in [0.4, 0.5) is 27.1 Å². The summed E-state index contributed by atoms with van der Waals surface area (Å²) in [4.78, 5) is 40.9. The summed E-state index contributed by atoms with van der Waals surface area (Å²) in [5.74, 6) is -3.44. The minimum Gasteiger partial charge on any atom is -0.449 e. The van der Waals surface area contributed by atoms with Gasteiger partial charge in [0.2, 0.25) is 0 Å². The van der Waals surface area contributed by atoms with Gasteiger partial charge in [0.15, 0.2) is 11.7 Å². The fraction of sp³-hybridized carbons (Fsp3) is 0.227. The Kier molecular flexibility index (Phi) is 8.22. The van der Waals surface area contributed by atoms with Crippen LogP contribution in [-0.4, -0.2) is 50.5 Å². The van der Waals surface area contributed by atoms with E-state index in [2.05, 4.69) is 20.1 Å². The first kappa shape index (κ1) is 28.1. The minimum absolute atomic E-state index is 0.110. The molecule has 39 heavy (non-hydrogen) atoms. The number of thiazole rings is 1. The minimum atomic E-state index is -5.20. The van der Waals surface area contributed by atoms with Crippen LogP contribution < -0.4 is 16.7 Å². The van der Waals surface area contributed by atoms with E-state index < -0.39 is 49.5 Å². The van der Waals surface area contributed by atoms with Crippen molar-refractivity contribution in [3.8, 4) is 10.4 Å². The van der Waals surface area contributed by atoms with E-state index in [9.17, 15) is 36.3 Å². The number of carbonyl (C=O) groups excluding carboxylic acids is 2. The van der Waals surface area contributed by atoms with Crippen LogP contribution in [0.3, 0.4) is 0 Å². The van der Waals surface area contributed by atoms with Crippen LogP contribution in [0, 0.1) is 0 Å². The van der Waals surface area contributed by atoms with Gasteiger partial charge in [0, 0.05) is 21.9 Å². The molecule has 10 nitrogen and oxygen atoms in total. The van der Waals surface area contributed by atoms with Gasteiger partial charge in [0.25, 0.3) is 12.0 Å². The number of nitrogens with zero attached hydrogens (tertiary/aromatic N) is 4. The Balaban J connectivity index is 1.43. The number of ether oxygens (including phenoxy) is 1. The lowest BCUT2D eigenvalue weighted by Gasteiger charge is -2.06. The number of anilines is 1. The molecule has 4 rings (SSSR count). The van der Waals surface area contributed by atoms with Gasteiger partial charge in [-0.2, -0.15) is 27.1 Å². The van der Waals surface area contributed by atoms with Crippen molar-refractivity contribution in [3.63, 3.8) is 0 Å². The Morgan fingerprint density at radius 3 is 2.59 bits per heavy atom. The van der Waals surface area contributed by atoms with Crippen molar-refractivity contribution in [3.05, 3.63) is 63.7 Å². The first-order valence-corrected chi connectivity index (χ1v) is 12.5. The van der Waals surface area contributed by atoms with Crippen molar-refractivity contribution in [1.82, 2.24) is 19.3 Å². The standard InChI is InChI=1S/C22H17F5N6O4S2/c23-18(24)12(6-28)7-33-21(36)32(10-29-33)8-13-2-4-15(38-13)11-1-3-14-16(5-11)39-20(30-14)31-17(34)9-37-19(35)22(25,26)27/h1-5,10H,6-9,28H2,(H,30,31,34). The number of esters is 1. The second-order valence-corrected chi connectivity index (χ2v) is 10.1. The SMILES string of the molecule is NCC(Cn1ncn(Cc2ccc(-c3ccc4nc(NC(=O)COC(=O)C(F)(F)F)sc4c3)s2)c1=O)=C(F)F. The second kappa shape index (κ2) is 11.4. The molecular weight excluding hydrogens is 571 g/mol. The molecule has 0 aliphatic heterocycles. The lowest BCUT2D eigenvalue weighted by molar-refractivity contribution is -0.199. The number of nitrogens with two attached hydrogens (primary N) is 1. The molecule has 0 saturated heterocycles. The zero-order valence-corrected chi connectivity index (χ0v) is 21.1. The third-order valence-electron chi connectivity index (χ3n) is 5.12. The van der Waals surface area contributed by atoms with Gasteiger partial charge in [-0.3, -0.25) is 14.7 Å². The lowest BCUT2D eigenvalue weighted by atomic mass is 10.2. The van der Waals surface area contributed by atoms with Gasteiger partial charge < -0.3 is 10.5 Å². The number of fused-ring (bicyclic) bond motifs is 1. The van der Waals surface area contributed by atoms with E-state index in [1.807, 2.05) is 6.07 Å². The van der Waals surface area contributed by atoms with E-state index >= 15 is 0 Å². The molecule has 3 aromatic heterocycles. The highest BCUT2D eigenvalue weighted by atomic mass is 32.1. The highest BCUT2D eigenvalue weighted by Crippen LogP contribution is 2.34. The molecule has 0 aliphatic rings. The van der Waals surface area contributed by atoms with Crippen LogP contribution in [0.2, 0.25) is 0 Å². The van der Waals surface area contributed by atoms with Gasteiger partial charge in [0.1, 0.15) is 6.33 Å². The number of amides is 1. The molecule has 0 aliphatic carbocycles. The zero-order chi connectivity index (χ0) is 28.3. The molecule has 0 spiro atoms. The summed E-state index contributed by atoms with van der Waals surface area (Å²) in [6.45, 7) is -1.75. The summed E-state index contributed by atoms with van der Waals surface area (Å²) in [7, 11) is 0. The molecule has 17 heteroatoms. The molecule has 0 radical (unpaired) electrons. The summed E-state index contributed by atoms with van der Waals surface area (Å²) in [6, 6.07) is 8.92. The molecule has 0 bridgehead atoms. The molecule has 4 aromatic rings. The lowest BCUT2D eigenvalue weighted by Crippen LogP contribution is -2.29. The predicted molar refractivity (Wildman–Crippen MR) is 132 cm³/mol. The van der Waals surface area contributed by atoms with E-state index in [0.717, 1.165) is 31.3 Å². The number of hydrogen-bond donors (Lipinski definition) is 2. The van der Waals surface area contributed by atoms with Crippen LogP contribution >= 0.6 is 22.7 Å². The third kappa shape index (κ3) is 6.73. The highest BCUT2D eigenvalue weighted by molar-refractivity contribution is 7.22. The van der Waals surface area contributed by atoms with Crippen molar-refractivity contribution >= 4 is 49.9 Å². The second-order valence-electron chi connectivity index (χ2n) is 7.86. The van der Waals surface area contributed by atoms with Gasteiger partial charge in [-0.1, -0.05) is 17.4 Å². The number of thiophene rings is 1. The van der Waals surface area contributed by atoms with Gasteiger partial charge in [-0.05, 0) is 29.8 Å². The van der Waals surface area contributed by atoms with Crippen molar-refractivity contribution in [2.75, 3.05) is 18.5 Å².